The van der Waals surface area contributed by atoms with Gasteiger partial charge in [-0.2, -0.15) is 0 Å². The molecule has 0 amide bonds. The fourth-order valence-electron chi connectivity index (χ4n) is 2.45. The Morgan fingerprint density at radius 3 is 2.67 bits per heavy atom. The molecule has 1 saturated carbocycles. The van der Waals surface area contributed by atoms with Gasteiger partial charge in [0.15, 0.2) is 5.11 Å². The van der Waals surface area contributed by atoms with Crippen molar-refractivity contribution in [2.24, 2.45) is 0 Å². The van der Waals surface area contributed by atoms with E-state index in [0.29, 0.717) is 11.2 Å². The summed E-state index contributed by atoms with van der Waals surface area (Å²) in [6.45, 7) is 0. The predicted molar refractivity (Wildman–Crippen MR) is 89.4 cm³/mol. The number of aromatic nitrogens is 2. The normalized spacial score (nSPS) is 14.3. The van der Waals surface area contributed by atoms with Crippen LogP contribution in [-0.4, -0.2) is 21.1 Å². The first-order chi connectivity index (χ1) is 10.3. The minimum absolute atomic E-state index is 0.538. The molecule has 0 spiro atoms. The van der Waals surface area contributed by atoms with Crippen LogP contribution in [-0.2, 0) is 0 Å². The molecule has 3 aromatic rings. The molecule has 0 radical (unpaired) electrons. The molecule has 5 heteroatoms. The lowest BCUT2D eigenvalue weighted by atomic mass is 10.1. The fraction of sp³-hybridized carbons (Fsp3) is 0.188. The highest BCUT2D eigenvalue weighted by Crippen LogP contribution is 2.29. The van der Waals surface area contributed by atoms with Crippen LogP contribution < -0.4 is 10.6 Å². The first-order valence-electron chi connectivity index (χ1n) is 7.01. The molecule has 104 valence electrons. The van der Waals surface area contributed by atoms with Crippen molar-refractivity contribution >= 4 is 44.8 Å². The van der Waals surface area contributed by atoms with Crippen molar-refractivity contribution in [2.45, 2.75) is 18.9 Å². The molecule has 1 aliphatic rings. The highest BCUT2D eigenvalue weighted by molar-refractivity contribution is 7.80. The summed E-state index contributed by atoms with van der Waals surface area (Å²) in [5.41, 5.74) is 2.78. The minimum Gasteiger partial charge on any atom is -0.360 e. The summed E-state index contributed by atoms with van der Waals surface area (Å²) >= 11 is 5.38. The van der Waals surface area contributed by atoms with E-state index in [1.807, 2.05) is 24.3 Å². The smallest absolute Gasteiger partial charge is 0.171 e. The van der Waals surface area contributed by atoms with Crippen LogP contribution in [0, 0.1) is 0 Å². The zero-order valence-electron chi connectivity index (χ0n) is 11.3. The Morgan fingerprint density at radius 2 is 1.86 bits per heavy atom. The standard InChI is InChI=1S/C16H14N4S/c21-16(19-11-5-6-11)20-13-9-10-3-1-7-17-14(10)15-12(13)4-2-8-18-15/h1-4,7-9,11H,5-6H2,(H2,19,20,21). The Bertz CT molecular complexity index is 842. The molecule has 21 heavy (non-hydrogen) atoms. The zero-order valence-corrected chi connectivity index (χ0v) is 12.2. The van der Waals surface area contributed by atoms with Gasteiger partial charge in [0.2, 0.25) is 0 Å². The number of rotatable bonds is 2. The molecule has 1 fully saturated rings. The Kier molecular flexibility index (Phi) is 2.93. The summed E-state index contributed by atoms with van der Waals surface area (Å²) in [5, 5.41) is 9.36. The van der Waals surface area contributed by atoms with Crippen molar-refractivity contribution in [2.75, 3.05) is 5.32 Å². The number of hydrogen-bond donors (Lipinski definition) is 2. The van der Waals surface area contributed by atoms with Gasteiger partial charge in [-0.1, -0.05) is 6.07 Å². The maximum absolute atomic E-state index is 5.38. The summed E-state index contributed by atoms with van der Waals surface area (Å²) < 4.78 is 0. The van der Waals surface area contributed by atoms with Crippen LogP contribution in [0.2, 0.25) is 0 Å². The van der Waals surface area contributed by atoms with E-state index in [1.165, 1.54) is 12.8 Å². The summed E-state index contributed by atoms with van der Waals surface area (Å²) in [7, 11) is 0. The summed E-state index contributed by atoms with van der Waals surface area (Å²) in [6.07, 6.45) is 5.99. The predicted octanol–water partition coefficient (Wildman–Crippen LogP) is 3.23. The molecule has 1 aromatic carbocycles. The van der Waals surface area contributed by atoms with Crippen LogP contribution in [0.5, 0.6) is 0 Å². The van der Waals surface area contributed by atoms with Gasteiger partial charge in [0.1, 0.15) is 0 Å². The monoisotopic (exact) mass is 294 g/mol. The second-order valence-electron chi connectivity index (χ2n) is 5.27. The molecule has 0 bridgehead atoms. The second kappa shape index (κ2) is 4.93. The quantitative estimate of drug-likeness (QED) is 0.561. The lowest BCUT2D eigenvalue weighted by molar-refractivity contribution is 0.919. The van der Waals surface area contributed by atoms with Crippen molar-refractivity contribution in [1.29, 1.82) is 0 Å². The second-order valence-corrected chi connectivity index (χ2v) is 5.68. The molecule has 0 aliphatic heterocycles. The van der Waals surface area contributed by atoms with E-state index in [-0.39, 0.29) is 0 Å². The maximum atomic E-state index is 5.38. The average molecular weight is 294 g/mol. The van der Waals surface area contributed by atoms with Crippen LogP contribution in [0.3, 0.4) is 0 Å². The summed E-state index contributed by atoms with van der Waals surface area (Å²) in [4.78, 5) is 8.93. The third-order valence-corrected chi connectivity index (χ3v) is 3.84. The maximum Gasteiger partial charge on any atom is 0.171 e. The number of fused-ring (bicyclic) bond motifs is 3. The molecule has 2 N–H and O–H groups in total. The van der Waals surface area contributed by atoms with Gasteiger partial charge < -0.3 is 10.6 Å². The molecular formula is C16H14N4S. The van der Waals surface area contributed by atoms with Crippen molar-refractivity contribution in [3.63, 3.8) is 0 Å². The molecule has 2 heterocycles. The first kappa shape index (κ1) is 12.5. The number of nitrogens with one attached hydrogen (secondary N) is 2. The molecule has 4 rings (SSSR count). The van der Waals surface area contributed by atoms with E-state index in [4.69, 9.17) is 12.2 Å². The molecule has 0 unspecified atom stereocenters. The van der Waals surface area contributed by atoms with Gasteiger partial charge >= 0.3 is 0 Å². The molecule has 1 aliphatic carbocycles. The highest BCUT2D eigenvalue weighted by Gasteiger charge is 2.22. The minimum atomic E-state index is 0.538. The van der Waals surface area contributed by atoms with E-state index in [1.54, 1.807) is 12.4 Å². The third kappa shape index (κ3) is 2.40. The number of benzene rings is 1. The number of anilines is 1. The summed E-state index contributed by atoms with van der Waals surface area (Å²) in [5.74, 6) is 0. The number of thiocarbonyl (C=S) groups is 1. The van der Waals surface area contributed by atoms with E-state index >= 15 is 0 Å². The Labute approximate surface area is 127 Å². The SMILES string of the molecule is S=C(Nc1cc2cccnc2c2ncccc12)NC1CC1. The number of pyridine rings is 2. The van der Waals surface area contributed by atoms with E-state index in [2.05, 4.69) is 26.7 Å². The fourth-order valence-corrected chi connectivity index (χ4v) is 2.73. The van der Waals surface area contributed by atoms with Gasteiger partial charge in [0.25, 0.3) is 0 Å². The van der Waals surface area contributed by atoms with Gasteiger partial charge in [-0.25, -0.2) is 0 Å². The lowest BCUT2D eigenvalue weighted by Crippen LogP contribution is -2.30. The van der Waals surface area contributed by atoms with Crippen LogP contribution in [0.15, 0.2) is 42.7 Å². The Hall–Kier alpha value is -2.27. The largest absolute Gasteiger partial charge is 0.360 e. The first-order valence-corrected chi connectivity index (χ1v) is 7.42. The van der Waals surface area contributed by atoms with Gasteiger partial charge in [0.05, 0.1) is 16.7 Å². The zero-order chi connectivity index (χ0) is 14.2. The van der Waals surface area contributed by atoms with Crippen LogP contribution >= 0.6 is 12.2 Å². The van der Waals surface area contributed by atoms with Crippen molar-refractivity contribution in [1.82, 2.24) is 15.3 Å². The van der Waals surface area contributed by atoms with Gasteiger partial charge in [-0.05, 0) is 49.3 Å². The lowest BCUT2D eigenvalue weighted by Gasteiger charge is -2.13. The van der Waals surface area contributed by atoms with Crippen LogP contribution in [0.25, 0.3) is 21.8 Å². The van der Waals surface area contributed by atoms with E-state index in [9.17, 15) is 0 Å². The van der Waals surface area contributed by atoms with Crippen LogP contribution in [0.4, 0.5) is 5.69 Å². The molecular weight excluding hydrogens is 280 g/mol. The van der Waals surface area contributed by atoms with Crippen molar-refractivity contribution < 1.29 is 0 Å². The average Bonchev–Trinajstić information content (AvgIpc) is 3.31. The topological polar surface area (TPSA) is 49.8 Å². The van der Waals surface area contributed by atoms with E-state index in [0.717, 1.165) is 27.5 Å². The van der Waals surface area contributed by atoms with Gasteiger partial charge in [-0.15, -0.1) is 0 Å². The highest BCUT2D eigenvalue weighted by atomic mass is 32.1. The summed E-state index contributed by atoms with van der Waals surface area (Å²) in [6, 6.07) is 10.6. The Balaban J connectivity index is 1.83. The van der Waals surface area contributed by atoms with Crippen molar-refractivity contribution in [3.8, 4) is 0 Å². The van der Waals surface area contributed by atoms with Gasteiger partial charge in [-0.3, -0.25) is 9.97 Å². The molecule has 2 aromatic heterocycles. The number of nitrogens with zero attached hydrogens (tertiary/aromatic N) is 2. The van der Waals surface area contributed by atoms with Crippen LogP contribution in [0.1, 0.15) is 12.8 Å². The molecule has 0 saturated heterocycles. The molecule has 0 atom stereocenters. The molecule has 4 nitrogen and oxygen atoms in total. The van der Waals surface area contributed by atoms with Gasteiger partial charge in [0, 0.05) is 29.2 Å². The Morgan fingerprint density at radius 1 is 1.10 bits per heavy atom. The van der Waals surface area contributed by atoms with Crippen molar-refractivity contribution in [3.05, 3.63) is 42.7 Å². The number of hydrogen-bond acceptors (Lipinski definition) is 3. The third-order valence-electron chi connectivity index (χ3n) is 3.62. The van der Waals surface area contributed by atoms with E-state index < -0.39 is 0 Å².